The molecular formula is C18H13N5O2. The highest BCUT2D eigenvalue weighted by molar-refractivity contribution is 6.08. The molecule has 0 unspecified atom stereocenters. The fraction of sp³-hybridized carbons (Fsp3) is 0. The maximum atomic E-state index is 12.5. The SMILES string of the molecule is O=C(Nc1cccc(Oc2cnccn2)c1)c1cnn2ccccc12. The summed E-state index contributed by atoms with van der Waals surface area (Å²) in [6, 6.07) is 12.6. The van der Waals surface area contributed by atoms with E-state index in [9.17, 15) is 4.79 Å². The van der Waals surface area contributed by atoms with Crippen LogP contribution in [0.15, 0.2) is 73.4 Å². The van der Waals surface area contributed by atoms with Crippen molar-refractivity contribution in [1.82, 2.24) is 19.6 Å². The normalized spacial score (nSPS) is 10.6. The number of benzene rings is 1. The molecule has 0 aliphatic carbocycles. The zero-order valence-electron chi connectivity index (χ0n) is 13.0. The molecular weight excluding hydrogens is 318 g/mol. The molecule has 0 atom stereocenters. The lowest BCUT2D eigenvalue weighted by Crippen LogP contribution is -2.11. The lowest BCUT2D eigenvalue weighted by molar-refractivity contribution is 0.102. The van der Waals surface area contributed by atoms with Gasteiger partial charge in [0.25, 0.3) is 5.91 Å². The van der Waals surface area contributed by atoms with Gasteiger partial charge in [-0.2, -0.15) is 5.10 Å². The molecule has 0 saturated heterocycles. The molecule has 7 heteroatoms. The van der Waals surface area contributed by atoms with Gasteiger partial charge >= 0.3 is 0 Å². The van der Waals surface area contributed by atoms with E-state index in [0.717, 1.165) is 5.52 Å². The standard InChI is InChI=1S/C18H13N5O2/c24-18(15-11-21-23-9-2-1-6-16(15)23)22-13-4-3-5-14(10-13)25-17-12-19-7-8-20-17/h1-12H,(H,22,24). The van der Waals surface area contributed by atoms with Gasteiger partial charge in [-0.05, 0) is 24.3 Å². The van der Waals surface area contributed by atoms with E-state index in [0.29, 0.717) is 22.9 Å². The van der Waals surface area contributed by atoms with E-state index in [1.54, 1.807) is 53.6 Å². The third kappa shape index (κ3) is 3.16. The van der Waals surface area contributed by atoms with Crippen LogP contribution >= 0.6 is 0 Å². The van der Waals surface area contributed by atoms with Crippen LogP contribution in [-0.4, -0.2) is 25.5 Å². The molecule has 1 N–H and O–H groups in total. The van der Waals surface area contributed by atoms with Gasteiger partial charge in [0.2, 0.25) is 5.88 Å². The Morgan fingerprint density at radius 1 is 1.08 bits per heavy atom. The van der Waals surface area contributed by atoms with Crippen molar-refractivity contribution in [3.8, 4) is 11.6 Å². The number of nitrogens with one attached hydrogen (secondary N) is 1. The second kappa shape index (κ2) is 6.40. The van der Waals surface area contributed by atoms with Gasteiger partial charge in [0.1, 0.15) is 5.75 Å². The number of amides is 1. The van der Waals surface area contributed by atoms with Gasteiger partial charge in [0.15, 0.2) is 0 Å². The van der Waals surface area contributed by atoms with Crippen molar-refractivity contribution in [2.45, 2.75) is 0 Å². The topological polar surface area (TPSA) is 81.4 Å². The quantitative estimate of drug-likeness (QED) is 0.621. The summed E-state index contributed by atoms with van der Waals surface area (Å²) in [5.41, 5.74) is 1.86. The minimum absolute atomic E-state index is 0.238. The number of hydrogen-bond donors (Lipinski definition) is 1. The van der Waals surface area contributed by atoms with E-state index in [4.69, 9.17) is 4.74 Å². The van der Waals surface area contributed by atoms with Crippen LogP contribution in [0.2, 0.25) is 0 Å². The molecule has 0 aliphatic heterocycles. The van der Waals surface area contributed by atoms with Crippen molar-refractivity contribution in [2.24, 2.45) is 0 Å². The summed E-state index contributed by atoms with van der Waals surface area (Å²) in [6.07, 6.45) is 7.97. The Morgan fingerprint density at radius 3 is 2.92 bits per heavy atom. The minimum atomic E-state index is -0.238. The number of hydrogen-bond acceptors (Lipinski definition) is 5. The van der Waals surface area contributed by atoms with Gasteiger partial charge in [-0.25, -0.2) is 9.50 Å². The van der Waals surface area contributed by atoms with Gasteiger partial charge in [0, 0.05) is 30.3 Å². The molecule has 122 valence electrons. The predicted molar refractivity (Wildman–Crippen MR) is 91.7 cm³/mol. The average Bonchev–Trinajstić information content (AvgIpc) is 3.07. The molecule has 0 spiro atoms. The average molecular weight is 331 g/mol. The fourth-order valence-corrected chi connectivity index (χ4v) is 2.40. The number of nitrogens with zero attached hydrogens (tertiary/aromatic N) is 4. The number of anilines is 1. The Balaban J connectivity index is 1.54. The molecule has 4 rings (SSSR count). The Bertz CT molecular complexity index is 1030. The van der Waals surface area contributed by atoms with E-state index >= 15 is 0 Å². The first kappa shape index (κ1) is 14.8. The lowest BCUT2D eigenvalue weighted by atomic mass is 10.2. The molecule has 0 bridgehead atoms. The summed E-state index contributed by atoms with van der Waals surface area (Å²) in [4.78, 5) is 20.5. The van der Waals surface area contributed by atoms with Crippen LogP contribution in [0.3, 0.4) is 0 Å². The second-order valence-electron chi connectivity index (χ2n) is 5.22. The second-order valence-corrected chi connectivity index (χ2v) is 5.22. The van der Waals surface area contributed by atoms with Crippen LogP contribution in [0.4, 0.5) is 5.69 Å². The summed E-state index contributed by atoms with van der Waals surface area (Å²) in [6.45, 7) is 0. The molecule has 25 heavy (non-hydrogen) atoms. The van der Waals surface area contributed by atoms with Gasteiger partial charge in [-0.15, -0.1) is 0 Å². The molecule has 0 fully saturated rings. The predicted octanol–water partition coefficient (Wildman–Crippen LogP) is 3.17. The Morgan fingerprint density at radius 2 is 2.04 bits per heavy atom. The zero-order chi connectivity index (χ0) is 17.1. The third-order valence-corrected chi connectivity index (χ3v) is 3.52. The van der Waals surface area contributed by atoms with E-state index in [2.05, 4.69) is 20.4 Å². The van der Waals surface area contributed by atoms with E-state index < -0.39 is 0 Å². The van der Waals surface area contributed by atoms with E-state index in [1.807, 2.05) is 18.2 Å². The molecule has 0 radical (unpaired) electrons. The van der Waals surface area contributed by atoms with Crippen LogP contribution < -0.4 is 10.1 Å². The number of pyridine rings is 1. The molecule has 3 aromatic heterocycles. The van der Waals surface area contributed by atoms with Gasteiger partial charge < -0.3 is 10.1 Å². The Kier molecular flexibility index (Phi) is 3.80. The van der Waals surface area contributed by atoms with Crippen molar-refractivity contribution in [3.05, 3.63) is 79.0 Å². The van der Waals surface area contributed by atoms with E-state index in [1.165, 1.54) is 6.20 Å². The summed E-state index contributed by atoms with van der Waals surface area (Å²) in [5, 5.41) is 7.03. The molecule has 0 saturated carbocycles. The molecule has 4 aromatic rings. The van der Waals surface area contributed by atoms with Crippen LogP contribution in [0, 0.1) is 0 Å². The molecule has 1 aromatic carbocycles. The number of ether oxygens (including phenoxy) is 1. The van der Waals surface area contributed by atoms with Crippen molar-refractivity contribution >= 4 is 17.1 Å². The highest BCUT2D eigenvalue weighted by atomic mass is 16.5. The first-order valence-electron chi connectivity index (χ1n) is 7.57. The molecule has 1 amide bonds. The Hall–Kier alpha value is -3.74. The lowest BCUT2D eigenvalue weighted by Gasteiger charge is -2.07. The van der Waals surface area contributed by atoms with Crippen LogP contribution in [0.1, 0.15) is 10.4 Å². The molecule has 7 nitrogen and oxygen atoms in total. The maximum Gasteiger partial charge on any atom is 0.259 e. The highest BCUT2D eigenvalue weighted by Gasteiger charge is 2.12. The van der Waals surface area contributed by atoms with Gasteiger partial charge in [0.05, 0.1) is 23.5 Å². The Labute approximate surface area is 142 Å². The summed E-state index contributed by atoms with van der Waals surface area (Å²) < 4.78 is 7.28. The van der Waals surface area contributed by atoms with Gasteiger partial charge in [-0.3, -0.25) is 9.78 Å². The highest BCUT2D eigenvalue weighted by Crippen LogP contribution is 2.23. The van der Waals surface area contributed by atoms with Crippen molar-refractivity contribution in [3.63, 3.8) is 0 Å². The van der Waals surface area contributed by atoms with Crippen molar-refractivity contribution in [1.29, 1.82) is 0 Å². The largest absolute Gasteiger partial charge is 0.437 e. The smallest absolute Gasteiger partial charge is 0.259 e. The van der Waals surface area contributed by atoms with E-state index in [-0.39, 0.29) is 5.91 Å². The van der Waals surface area contributed by atoms with Crippen LogP contribution in [-0.2, 0) is 0 Å². The number of rotatable bonds is 4. The van der Waals surface area contributed by atoms with Crippen LogP contribution in [0.25, 0.3) is 5.52 Å². The van der Waals surface area contributed by atoms with Crippen molar-refractivity contribution in [2.75, 3.05) is 5.32 Å². The van der Waals surface area contributed by atoms with Gasteiger partial charge in [-0.1, -0.05) is 12.1 Å². The van der Waals surface area contributed by atoms with Crippen molar-refractivity contribution < 1.29 is 9.53 Å². The fourth-order valence-electron chi connectivity index (χ4n) is 2.40. The number of carbonyl (C=O) groups excluding carboxylic acids is 1. The number of fused-ring (bicyclic) bond motifs is 1. The maximum absolute atomic E-state index is 12.5. The zero-order valence-corrected chi connectivity index (χ0v) is 13.0. The number of aromatic nitrogens is 4. The number of carbonyl (C=O) groups is 1. The molecule has 3 heterocycles. The first-order chi connectivity index (χ1) is 12.3. The molecule has 0 aliphatic rings. The third-order valence-electron chi connectivity index (χ3n) is 3.52. The first-order valence-corrected chi connectivity index (χ1v) is 7.57. The summed E-state index contributed by atoms with van der Waals surface area (Å²) in [7, 11) is 0. The summed E-state index contributed by atoms with van der Waals surface area (Å²) >= 11 is 0. The van der Waals surface area contributed by atoms with Crippen LogP contribution in [0.5, 0.6) is 11.6 Å². The summed E-state index contributed by atoms with van der Waals surface area (Å²) in [5.74, 6) is 0.699. The minimum Gasteiger partial charge on any atom is -0.437 e. The monoisotopic (exact) mass is 331 g/mol.